The SMILES string of the molecule is COc1cccc(N(C)CCCCCO)c1[C@H](C)O. The van der Waals surface area contributed by atoms with Crippen molar-refractivity contribution in [3.05, 3.63) is 23.8 Å². The van der Waals surface area contributed by atoms with Gasteiger partial charge in [0.05, 0.1) is 13.2 Å². The number of methoxy groups -OCH3 is 1. The smallest absolute Gasteiger partial charge is 0.126 e. The second-order valence-corrected chi connectivity index (χ2v) is 4.77. The highest BCUT2D eigenvalue weighted by atomic mass is 16.5. The molecule has 0 aliphatic rings. The highest BCUT2D eigenvalue weighted by Gasteiger charge is 2.16. The van der Waals surface area contributed by atoms with E-state index in [4.69, 9.17) is 9.84 Å². The lowest BCUT2D eigenvalue weighted by molar-refractivity contribution is 0.194. The van der Waals surface area contributed by atoms with Crippen LogP contribution in [0.4, 0.5) is 5.69 Å². The second-order valence-electron chi connectivity index (χ2n) is 4.77. The van der Waals surface area contributed by atoms with Crippen molar-refractivity contribution in [3.8, 4) is 5.75 Å². The fourth-order valence-corrected chi connectivity index (χ4v) is 2.22. The number of rotatable bonds is 8. The fourth-order valence-electron chi connectivity index (χ4n) is 2.22. The summed E-state index contributed by atoms with van der Waals surface area (Å²) in [5.74, 6) is 0.717. The van der Waals surface area contributed by atoms with Gasteiger partial charge < -0.3 is 19.8 Å². The zero-order valence-electron chi connectivity index (χ0n) is 12.1. The minimum atomic E-state index is -0.564. The highest BCUT2D eigenvalue weighted by Crippen LogP contribution is 2.34. The summed E-state index contributed by atoms with van der Waals surface area (Å²) < 4.78 is 5.32. The molecule has 0 heterocycles. The molecule has 0 unspecified atom stereocenters. The van der Waals surface area contributed by atoms with E-state index in [1.165, 1.54) is 0 Å². The first kappa shape index (κ1) is 15.8. The predicted octanol–water partition coefficient (Wildman–Crippen LogP) is 2.35. The first-order valence-corrected chi connectivity index (χ1v) is 6.78. The van der Waals surface area contributed by atoms with Gasteiger partial charge in [0.1, 0.15) is 5.75 Å². The summed E-state index contributed by atoms with van der Waals surface area (Å²) >= 11 is 0. The van der Waals surface area contributed by atoms with Gasteiger partial charge in [0.25, 0.3) is 0 Å². The molecule has 4 nitrogen and oxygen atoms in total. The average molecular weight is 267 g/mol. The van der Waals surface area contributed by atoms with Crippen molar-refractivity contribution in [1.82, 2.24) is 0 Å². The number of aliphatic hydroxyl groups is 2. The molecule has 1 rings (SSSR count). The van der Waals surface area contributed by atoms with E-state index in [1.54, 1.807) is 14.0 Å². The monoisotopic (exact) mass is 267 g/mol. The summed E-state index contributed by atoms with van der Waals surface area (Å²) in [7, 11) is 3.63. The van der Waals surface area contributed by atoms with Crippen LogP contribution in [0.25, 0.3) is 0 Å². The van der Waals surface area contributed by atoms with Gasteiger partial charge in [-0.1, -0.05) is 6.07 Å². The lowest BCUT2D eigenvalue weighted by Gasteiger charge is -2.25. The Kier molecular flexibility index (Phi) is 6.67. The molecular formula is C15H25NO3. The van der Waals surface area contributed by atoms with Crippen molar-refractivity contribution < 1.29 is 14.9 Å². The van der Waals surface area contributed by atoms with Gasteiger partial charge in [-0.15, -0.1) is 0 Å². The molecule has 0 aliphatic heterocycles. The van der Waals surface area contributed by atoms with Gasteiger partial charge in [0, 0.05) is 31.5 Å². The van der Waals surface area contributed by atoms with Crippen molar-refractivity contribution in [2.75, 3.05) is 32.2 Å². The van der Waals surface area contributed by atoms with Crippen molar-refractivity contribution in [3.63, 3.8) is 0 Å². The Hall–Kier alpha value is -1.26. The van der Waals surface area contributed by atoms with Crippen molar-refractivity contribution in [2.45, 2.75) is 32.3 Å². The predicted molar refractivity (Wildman–Crippen MR) is 77.8 cm³/mol. The number of hydrogen-bond donors (Lipinski definition) is 2. The lowest BCUT2D eigenvalue weighted by Crippen LogP contribution is -2.21. The standard InChI is InChI=1S/C15H25NO3/c1-12(18)15-13(8-7-9-14(15)19-3)16(2)10-5-4-6-11-17/h7-9,12,17-18H,4-6,10-11H2,1-3H3/t12-/m0/s1. The highest BCUT2D eigenvalue weighted by molar-refractivity contribution is 5.60. The summed E-state index contributed by atoms with van der Waals surface area (Å²) in [6.07, 6.45) is 2.31. The molecule has 4 heteroatoms. The van der Waals surface area contributed by atoms with E-state index in [0.717, 1.165) is 42.8 Å². The summed E-state index contributed by atoms with van der Waals surface area (Å²) in [6.45, 7) is 2.90. The van der Waals surface area contributed by atoms with E-state index >= 15 is 0 Å². The van der Waals surface area contributed by atoms with Crippen LogP contribution in [0.3, 0.4) is 0 Å². The van der Waals surface area contributed by atoms with Crippen LogP contribution >= 0.6 is 0 Å². The molecule has 19 heavy (non-hydrogen) atoms. The Morgan fingerprint density at radius 2 is 2.00 bits per heavy atom. The molecular weight excluding hydrogens is 242 g/mol. The molecule has 0 aromatic heterocycles. The van der Waals surface area contributed by atoms with Crippen LogP contribution in [0.2, 0.25) is 0 Å². The topological polar surface area (TPSA) is 52.9 Å². The number of aliphatic hydroxyl groups excluding tert-OH is 2. The molecule has 0 saturated carbocycles. The van der Waals surface area contributed by atoms with Crippen LogP contribution in [0.5, 0.6) is 5.75 Å². The van der Waals surface area contributed by atoms with E-state index < -0.39 is 6.10 Å². The van der Waals surface area contributed by atoms with E-state index in [0.29, 0.717) is 0 Å². The lowest BCUT2D eigenvalue weighted by atomic mass is 10.1. The Balaban J connectivity index is 2.80. The third kappa shape index (κ3) is 4.40. The molecule has 0 fully saturated rings. The van der Waals surface area contributed by atoms with Crippen LogP contribution in [-0.2, 0) is 0 Å². The quantitative estimate of drug-likeness (QED) is 0.710. The first-order chi connectivity index (χ1) is 9.11. The van der Waals surface area contributed by atoms with Gasteiger partial charge in [-0.05, 0) is 38.3 Å². The number of nitrogens with zero attached hydrogens (tertiary/aromatic N) is 1. The molecule has 1 aromatic rings. The molecule has 0 spiro atoms. The maximum atomic E-state index is 9.94. The largest absolute Gasteiger partial charge is 0.496 e. The molecule has 1 atom stereocenters. The maximum absolute atomic E-state index is 9.94. The first-order valence-electron chi connectivity index (χ1n) is 6.78. The van der Waals surface area contributed by atoms with Crippen molar-refractivity contribution >= 4 is 5.69 Å². The van der Waals surface area contributed by atoms with Gasteiger partial charge in [0.15, 0.2) is 0 Å². The third-order valence-electron chi connectivity index (χ3n) is 3.24. The summed E-state index contributed by atoms with van der Waals surface area (Å²) in [4.78, 5) is 2.13. The molecule has 2 N–H and O–H groups in total. The van der Waals surface area contributed by atoms with Gasteiger partial charge >= 0.3 is 0 Å². The Morgan fingerprint density at radius 1 is 1.26 bits per heavy atom. The van der Waals surface area contributed by atoms with Gasteiger partial charge in [0.2, 0.25) is 0 Å². The van der Waals surface area contributed by atoms with E-state index in [2.05, 4.69) is 4.90 Å². The van der Waals surface area contributed by atoms with Crippen LogP contribution in [0.15, 0.2) is 18.2 Å². The minimum Gasteiger partial charge on any atom is -0.496 e. The Bertz CT molecular complexity index is 380. The van der Waals surface area contributed by atoms with Crippen LogP contribution in [-0.4, -0.2) is 37.5 Å². The van der Waals surface area contributed by atoms with Gasteiger partial charge in [-0.3, -0.25) is 0 Å². The molecule has 0 bridgehead atoms. The molecule has 0 saturated heterocycles. The summed E-state index contributed by atoms with van der Waals surface area (Å²) in [5, 5.41) is 18.7. The molecule has 0 amide bonds. The number of anilines is 1. The minimum absolute atomic E-state index is 0.252. The number of ether oxygens (including phenoxy) is 1. The summed E-state index contributed by atoms with van der Waals surface area (Å²) in [6, 6.07) is 5.80. The third-order valence-corrected chi connectivity index (χ3v) is 3.24. The number of unbranched alkanes of at least 4 members (excludes halogenated alkanes) is 2. The maximum Gasteiger partial charge on any atom is 0.126 e. The number of benzene rings is 1. The molecule has 0 radical (unpaired) electrons. The van der Waals surface area contributed by atoms with Crippen LogP contribution in [0, 0.1) is 0 Å². The van der Waals surface area contributed by atoms with E-state index in [1.807, 2.05) is 25.2 Å². The normalized spacial score (nSPS) is 12.3. The zero-order chi connectivity index (χ0) is 14.3. The van der Waals surface area contributed by atoms with E-state index in [9.17, 15) is 5.11 Å². The van der Waals surface area contributed by atoms with Crippen LogP contribution in [0.1, 0.15) is 37.9 Å². The molecule has 1 aromatic carbocycles. The van der Waals surface area contributed by atoms with E-state index in [-0.39, 0.29) is 6.61 Å². The Labute approximate surface area is 115 Å². The molecule has 0 aliphatic carbocycles. The van der Waals surface area contributed by atoms with Crippen molar-refractivity contribution in [2.24, 2.45) is 0 Å². The zero-order valence-corrected chi connectivity index (χ0v) is 12.1. The van der Waals surface area contributed by atoms with Gasteiger partial charge in [-0.25, -0.2) is 0 Å². The van der Waals surface area contributed by atoms with Crippen molar-refractivity contribution in [1.29, 1.82) is 0 Å². The van der Waals surface area contributed by atoms with Gasteiger partial charge in [-0.2, -0.15) is 0 Å². The second kappa shape index (κ2) is 8.02. The average Bonchev–Trinajstić information content (AvgIpc) is 2.42. The fraction of sp³-hybridized carbons (Fsp3) is 0.600. The Morgan fingerprint density at radius 3 is 2.58 bits per heavy atom. The molecule has 108 valence electrons. The number of hydrogen-bond acceptors (Lipinski definition) is 4. The van der Waals surface area contributed by atoms with Crippen LogP contribution < -0.4 is 9.64 Å². The summed E-state index contributed by atoms with van der Waals surface area (Å²) in [5.41, 5.74) is 1.83.